The molecule has 0 saturated heterocycles. The fourth-order valence-electron chi connectivity index (χ4n) is 2.36. The SMILES string of the molecule is CO[Si](OC)(OC(=O)C(F)(F)C(F)(F)C(F)(F)C(F)(F)C(F)(F)C(F)F)OC(=O)C(F)(F)C(F)(F)C(F)(F)C(F)(F)C(F)(F)C(F)F. The maximum absolute atomic E-state index is 14.0. The van der Waals surface area contributed by atoms with Crippen LogP contribution < -0.4 is 0 Å². The molecule has 0 amide bonds. The Bertz CT molecular complexity index is 1070. The highest BCUT2D eigenvalue weighted by atomic mass is 28.4. The van der Waals surface area contributed by atoms with E-state index in [4.69, 9.17) is 0 Å². The summed E-state index contributed by atoms with van der Waals surface area (Å²) in [4.78, 5) is 23.0. The smallest absolute Gasteiger partial charge is 0.438 e. The molecule has 31 heteroatoms. The van der Waals surface area contributed by atoms with Gasteiger partial charge < -0.3 is 17.7 Å². The fourth-order valence-corrected chi connectivity index (χ4v) is 3.62. The first kappa shape index (κ1) is 44.4. The van der Waals surface area contributed by atoms with Gasteiger partial charge in [-0.2, -0.15) is 87.8 Å². The summed E-state index contributed by atoms with van der Waals surface area (Å²) in [7, 11) is -8.07. The van der Waals surface area contributed by atoms with Crippen LogP contribution in [0.1, 0.15) is 0 Å². The summed E-state index contributed by atoms with van der Waals surface area (Å²) >= 11 is 0. The minimum absolute atomic E-state index is 0.388. The van der Waals surface area contributed by atoms with Crippen LogP contribution in [0.4, 0.5) is 105 Å². The molecule has 0 bridgehead atoms. The Morgan fingerprint density at radius 2 is 0.638 bits per heavy atom. The molecule has 0 heterocycles. The predicted molar refractivity (Wildman–Crippen MR) is 93.4 cm³/mol. The van der Waals surface area contributed by atoms with Crippen molar-refractivity contribution in [3.05, 3.63) is 0 Å². The van der Waals surface area contributed by atoms with E-state index in [9.17, 15) is 115 Å². The van der Waals surface area contributed by atoms with Crippen molar-refractivity contribution < 1.29 is 133 Å². The highest BCUT2D eigenvalue weighted by molar-refractivity contribution is 6.57. The number of hydrogen-bond acceptors (Lipinski definition) is 6. The van der Waals surface area contributed by atoms with Crippen molar-refractivity contribution in [2.75, 3.05) is 14.2 Å². The zero-order valence-electron chi connectivity index (χ0n) is 21.2. The van der Waals surface area contributed by atoms with Gasteiger partial charge in [-0.1, -0.05) is 0 Å². The van der Waals surface area contributed by atoms with Crippen molar-refractivity contribution in [1.82, 2.24) is 0 Å². The van der Waals surface area contributed by atoms with Crippen LogP contribution >= 0.6 is 0 Å². The molecule has 0 aromatic heterocycles. The van der Waals surface area contributed by atoms with E-state index in [0.29, 0.717) is 0 Å². The normalized spacial score (nSPS) is 15.7. The molecule has 0 aliphatic rings. The van der Waals surface area contributed by atoms with Gasteiger partial charge in [0, 0.05) is 14.2 Å². The molecule has 0 spiro atoms. The van der Waals surface area contributed by atoms with E-state index in [0.717, 1.165) is 0 Å². The summed E-state index contributed by atoms with van der Waals surface area (Å²) in [6.07, 6.45) is -12.1. The van der Waals surface area contributed by atoms with Crippen molar-refractivity contribution in [2.45, 2.75) is 72.1 Å². The van der Waals surface area contributed by atoms with E-state index in [1.54, 1.807) is 0 Å². The largest absolute Gasteiger partial charge is 0.824 e. The lowest BCUT2D eigenvalue weighted by Gasteiger charge is -2.39. The minimum Gasteiger partial charge on any atom is -0.438 e. The van der Waals surface area contributed by atoms with Crippen LogP contribution in [0, 0.1) is 0 Å². The van der Waals surface area contributed by atoms with Crippen molar-refractivity contribution in [3.63, 3.8) is 0 Å². The van der Waals surface area contributed by atoms with Gasteiger partial charge in [-0.25, -0.2) is 27.2 Å². The third kappa shape index (κ3) is 6.21. The lowest BCUT2D eigenvalue weighted by atomic mass is 9.94. The van der Waals surface area contributed by atoms with Crippen molar-refractivity contribution in [2.24, 2.45) is 0 Å². The zero-order chi connectivity index (χ0) is 38.6. The van der Waals surface area contributed by atoms with Gasteiger partial charge in [-0.15, -0.1) is 0 Å². The van der Waals surface area contributed by atoms with Crippen LogP contribution in [-0.2, 0) is 27.3 Å². The summed E-state index contributed by atoms with van der Waals surface area (Å²) in [5, 5.41) is 0. The number of rotatable bonds is 16. The van der Waals surface area contributed by atoms with Crippen LogP contribution in [0.15, 0.2) is 0 Å². The predicted octanol–water partition coefficient (Wildman–Crippen LogP) is 6.68. The molecule has 6 nitrogen and oxygen atoms in total. The van der Waals surface area contributed by atoms with Crippen LogP contribution in [0.5, 0.6) is 0 Å². The molecule has 0 saturated carbocycles. The fraction of sp³-hybridized carbons (Fsp3) is 0.875. The lowest BCUT2D eigenvalue weighted by molar-refractivity contribution is -0.408. The van der Waals surface area contributed by atoms with Gasteiger partial charge in [-0.05, 0) is 0 Å². The first-order valence-electron chi connectivity index (χ1n) is 10.2. The monoisotopic (exact) mass is 780 g/mol. The number of carbonyl (C=O) groups is 2. The van der Waals surface area contributed by atoms with Gasteiger partial charge in [0.2, 0.25) is 0 Å². The molecule has 280 valence electrons. The topological polar surface area (TPSA) is 71.1 Å². The van der Waals surface area contributed by atoms with Crippen LogP contribution in [0.3, 0.4) is 0 Å². The second-order valence-corrected chi connectivity index (χ2v) is 10.4. The maximum Gasteiger partial charge on any atom is 0.824 e. The molecule has 0 radical (unpaired) electrons. The van der Waals surface area contributed by atoms with Gasteiger partial charge >= 0.3 is 93.1 Å². The molecule has 0 N–H and O–H groups in total. The Labute approximate surface area is 241 Å². The molecule has 0 aliphatic heterocycles. The summed E-state index contributed by atoms with van der Waals surface area (Å²) < 4.78 is 331. The Morgan fingerprint density at radius 1 is 0.426 bits per heavy atom. The summed E-state index contributed by atoms with van der Waals surface area (Å²) in [6.45, 7) is 0. The Kier molecular flexibility index (Phi) is 11.7. The van der Waals surface area contributed by atoms with Crippen molar-refractivity contribution >= 4 is 21.0 Å². The molecule has 0 aliphatic carbocycles. The molecular formula is C16H8F24O6Si. The number of carbonyl (C=O) groups excluding carboxylic acids is 2. The van der Waals surface area contributed by atoms with Gasteiger partial charge in [0.1, 0.15) is 0 Å². The highest BCUT2D eigenvalue weighted by Gasteiger charge is 2.91. The van der Waals surface area contributed by atoms with Crippen LogP contribution in [0.2, 0.25) is 0 Å². The van der Waals surface area contributed by atoms with E-state index >= 15 is 0 Å². The lowest BCUT2D eigenvalue weighted by Crippen LogP contribution is -2.71. The summed E-state index contributed by atoms with van der Waals surface area (Å²) in [5.41, 5.74) is 0. The van der Waals surface area contributed by atoms with Gasteiger partial charge in [0.15, 0.2) is 0 Å². The molecule has 0 unspecified atom stereocenters. The van der Waals surface area contributed by atoms with Crippen molar-refractivity contribution in [3.8, 4) is 0 Å². The second kappa shape index (κ2) is 12.4. The second-order valence-electron chi connectivity index (χ2n) is 8.13. The Morgan fingerprint density at radius 3 is 0.809 bits per heavy atom. The molecule has 0 rings (SSSR count). The Hall–Kier alpha value is -2.60. The van der Waals surface area contributed by atoms with E-state index in [1.165, 1.54) is 0 Å². The molecule has 47 heavy (non-hydrogen) atoms. The first-order valence-corrected chi connectivity index (χ1v) is 11.8. The van der Waals surface area contributed by atoms with Gasteiger partial charge in [0.05, 0.1) is 0 Å². The highest BCUT2D eigenvalue weighted by Crippen LogP contribution is 2.60. The molecule has 0 fully saturated rings. The molecule has 0 atom stereocenters. The van der Waals surface area contributed by atoms with Crippen LogP contribution in [0.25, 0.3) is 0 Å². The molecule has 0 aromatic carbocycles. The summed E-state index contributed by atoms with van der Waals surface area (Å²) in [5.74, 6) is -90.6. The van der Waals surface area contributed by atoms with E-state index in [1.807, 2.05) is 0 Å². The average molecular weight is 780 g/mol. The maximum atomic E-state index is 14.0. The van der Waals surface area contributed by atoms with E-state index < -0.39 is 93.1 Å². The number of halogens is 24. The first-order chi connectivity index (χ1) is 20.3. The van der Waals surface area contributed by atoms with Gasteiger partial charge in [-0.3, -0.25) is 0 Å². The standard InChI is InChI=1S/C16H8F24O6Si/c1-43-47(44-2,45-5(41)9(25,26)13(33,34)15(37,38)11(29,30)7(21,22)3(17)18)46-6(42)10(27,28)14(35,36)16(39,40)12(31,32)8(23,24)4(19)20/h3-4H,1-2H3. The minimum atomic E-state index is -8.48. The average Bonchev–Trinajstić information content (AvgIpc) is 2.90. The Balaban J connectivity index is 6.82. The molecular weight excluding hydrogens is 772 g/mol. The third-order valence-corrected chi connectivity index (χ3v) is 7.07. The third-order valence-electron chi connectivity index (χ3n) is 5.20. The van der Waals surface area contributed by atoms with Crippen molar-refractivity contribution in [1.29, 1.82) is 0 Å². The number of hydrogen-bond donors (Lipinski definition) is 0. The zero-order valence-corrected chi connectivity index (χ0v) is 22.2. The summed E-state index contributed by atoms with van der Waals surface area (Å²) in [6, 6.07) is 0. The quantitative estimate of drug-likeness (QED) is 0.129. The van der Waals surface area contributed by atoms with E-state index in [2.05, 4.69) is 17.7 Å². The van der Waals surface area contributed by atoms with E-state index in [-0.39, 0.29) is 14.2 Å². The molecule has 0 aromatic rings. The number of alkyl halides is 24. The van der Waals surface area contributed by atoms with Gasteiger partial charge in [0.25, 0.3) is 0 Å². The van der Waals surface area contributed by atoms with Crippen LogP contribution in [-0.4, -0.2) is 107 Å².